The van der Waals surface area contributed by atoms with Crippen LogP contribution in [0.1, 0.15) is 69.9 Å². The molecule has 0 saturated carbocycles. The highest BCUT2D eigenvalue weighted by Gasteiger charge is 2.36. The summed E-state index contributed by atoms with van der Waals surface area (Å²) in [4.78, 5) is 158. The zero-order chi connectivity index (χ0) is 60.2. The monoisotopic (exact) mass is 1160 g/mol. The molecule has 0 fully saturated rings. The van der Waals surface area contributed by atoms with E-state index in [2.05, 4.69) is 42.5 Å². The number of aliphatic hydroxyl groups excluding tert-OH is 1. The van der Waals surface area contributed by atoms with Gasteiger partial charge in [-0.05, 0) is 97.4 Å². The van der Waals surface area contributed by atoms with E-state index in [1.807, 2.05) is 0 Å². The predicted octanol–water partition coefficient (Wildman–Crippen LogP) is -3.67. The van der Waals surface area contributed by atoms with Crippen LogP contribution >= 0.6 is 23.5 Å². The number of carbonyl (C=O) groups excluding carboxylic acids is 10. The topological polar surface area (TPSA) is 480 Å². The van der Waals surface area contributed by atoms with Crippen molar-refractivity contribution < 1.29 is 83.1 Å². The van der Waals surface area contributed by atoms with Gasteiger partial charge in [-0.2, -0.15) is 23.5 Å². The molecule has 2 aromatic rings. The van der Waals surface area contributed by atoms with E-state index < -0.39 is 164 Å². The van der Waals surface area contributed by atoms with Gasteiger partial charge < -0.3 is 85.3 Å². The summed E-state index contributed by atoms with van der Waals surface area (Å²) in [6, 6.07) is -3.18. The maximum Gasteiger partial charge on any atom is 0.326 e. The van der Waals surface area contributed by atoms with Crippen LogP contribution in [0.2, 0.25) is 0 Å². The van der Waals surface area contributed by atoms with Crippen molar-refractivity contribution in [3.63, 3.8) is 0 Å². The van der Waals surface area contributed by atoms with E-state index in [0.29, 0.717) is 22.6 Å². The average Bonchev–Trinajstić information content (AvgIpc) is 3.38. The van der Waals surface area contributed by atoms with Gasteiger partial charge in [0, 0.05) is 12.8 Å². The third-order valence-electron chi connectivity index (χ3n) is 11.7. The highest BCUT2D eigenvalue weighted by Crippen LogP contribution is 2.15. The lowest BCUT2D eigenvalue weighted by molar-refractivity contribution is -0.142. The van der Waals surface area contributed by atoms with Crippen molar-refractivity contribution in [1.82, 2.24) is 42.5 Å². The molecule has 0 aliphatic rings. The van der Waals surface area contributed by atoms with Gasteiger partial charge in [-0.15, -0.1) is 0 Å². The molecule has 19 N–H and O–H groups in total. The third-order valence-corrected chi connectivity index (χ3v) is 13.0. The molecule has 0 bridgehead atoms. The summed E-state index contributed by atoms with van der Waals surface area (Å²) in [7, 11) is 0. The van der Waals surface area contributed by atoms with Crippen LogP contribution in [0.5, 0.6) is 11.5 Å². The number of phenols is 2. The number of primary amides is 2. The van der Waals surface area contributed by atoms with Crippen molar-refractivity contribution in [3.05, 3.63) is 59.7 Å². The first-order valence-electron chi connectivity index (χ1n) is 25.0. The average molecular weight is 1160 g/mol. The molecule has 0 aliphatic heterocycles. The Hall–Kier alpha value is -7.70. The minimum atomic E-state index is -2.06. The maximum absolute atomic E-state index is 14.2. The van der Waals surface area contributed by atoms with Crippen molar-refractivity contribution in [1.29, 1.82) is 0 Å². The van der Waals surface area contributed by atoms with E-state index >= 15 is 0 Å². The van der Waals surface area contributed by atoms with Crippen molar-refractivity contribution >= 4 is 94.5 Å². The van der Waals surface area contributed by atoms with Gasteiger partial charge in [-0.1, -0.05) is 38.1 Å². The molecule has 0 aliphatic carbocycles. The van der Waals surface area contributed by atoms with Gasteiger partial charge in [0.05, 0.1) is 25.5 Å². The Morgan fingerprint density at radius 3 is 1.31 bits per heavy atom. The predicted molar refractivity (Wildman–Crippen MR) is 292 cm³/mol. The zero-order valence-electron chi connectivity index (χ0n) is 44.6. The van der Waals surface area contributed by atoms with E-state index in [4.69, 9.17) is 17.2 Å². The number of rotatable bonds is 37. The van der Waals surface area contributed by atoms with E-state index in [-0.39, 0.29) is 43.6 Å². The number of nitrogens with one attached hydrogen (secondary N) is 8. The van der Waals surface area contributed by atoms with Gasteiger partial charge >= 0.3 is 11.9 Å². The number of amides is 10. The number of hydrogen-bond acceptors (Lipinski definition) is 18. The fourth-order valence-electron chi connectivity index (χ4n) is 7.49. The fraction of sp³-hybridized carbons (Fsp3) is 0.520. The lowest BCUT2D eigenvalue weighted by atomic mass is 10.00. The molecule has 0 heterocycles. The van der Waals surface area contributed by atoms with Crippen LogP contribution in [0.4, 0.5) is 0 Å². The molecular weight excluding hydrogens is 1090 g/mol. The van der Waals surface area contributed by atoms with E-state index in [0.717, 1.165) is 0 Å². The minimum absolute atomic E-state index is 0.00315. The van der Waals surface area contributed by atoms with Crippen molar-refractivity contribution in [3.8, 4) is 11.5 Å². The smallest absolute Gasteiger partial charge is 0.326 e. The molecule has 2 aromatic carbocycles. The van der Waals surface area contributed by atoms with E-state index in [1.54, 1.807) is 38.5 Å². The molecule has 2 rings (SSSR count). The van der Waals surface area contributed by atoms with Crippen LogP contribution in [-0.2, 0) is 70.4 Å². The van der Waals surface area contributed by atoms with Crippen LogP contribution in [0.25, 0.3) is 0 Å². The number of benzene rings is 2. The molecule has 442 valence electrons. The number of carboxylic acid groups (broad SMARTS) is 2. The Morgan fingerprint density at radius 2 is 0.850 bits per heavy atom. The Labute approximate surface area is 469 Å². The quantitative estimate of drug-likeness (QED) is 0.0310. The number of nitrogens with two attached hydrogens (primary N) is 3. The Kier molecular flexibility index (Phi) is 30.0. The Balaban J connectivity index is 2.40. The largest absolute Gasteiger partial charge is 0.508 e. The summed E-state index contributed by atoms with van der Waals surface area (Å²) < 4.78 is 0. The van der Waals surface area contributed by atoms with Gasteiger partial charge in [-0.25, -0.2) is 4.79 Å². The highest BCUT2D eigenvalue weighted by atomic mass is 32.2. The summed E-state index contributed by atoms with van der Waals surface area (Å²) in [5, 5.41) is 67.9. The van der Waals surface area contributed by atoms with Crippen LogP contribution in [0.3, 0.4) is 0 Å². The van der Waals surface area contributed by atoms with Crippen LogP contribution in [0.15, 0.2) is 48.5 Å². The van der Waals surface area contributed by atoms with Gasteiger partial charge in [-0.3, -0.25) is 52.7 Å². The second-order valence-corrected chi connectivity index (χ2v) is 20.8. The van der Waals surface area contributed by atoms with Crippen LogP contribution in [0, 0.1) is 5.92 Å². The highest BCUT2D eigenvalue weighted by molar-refractivity contribution is 7.98. The summed E-state index contributed by atoms with van der Waals surface area (Å²) in [6.07, 6.45) is 0.0481. The number of aromatic hydroxyl groups is 2. The lowest BCUT2D eigenvalue weighted by Crippen LogP contribution is -2.61. The molecule has 30 heteroatoms. The van der Waals surface area contributed by atoms with E-state index in [1.165, 1.54) is 59.9 Å². The zero-order valence-corrected chi connectivity index (χ0v) is 46.2. The standard InChI is InChI=1S/C50H73N11O17S2/c1-25(2)19-34(45(72)58-35(21-27-7-11-29(64)12-8-27)46(73)55-31(13-14-39(52)65)43(70)56-33(50(77)78)16-18-80-4)57-47(74)36(22-40(53)66)59-48(75)37(23-41(67)68)60-49(76)38(24-62)61-44(71)32(15-17-79-3)54-42(69)30(51)20-26-5-9-28(63)10-6-26/h5-12,25,30-38,62-64H,13-24,51H2,1-4H3,(H2,52,65)(H2,53,66)(H,54,69)(H,55,73)(H,56,70)(H,57,74)(H,58,72)(H,59,75)(H,60,76)(H,61,71)(H,67,68)(H,77,78)/t30-,31-,32-,33-,34-,35-,36-,37-,38-/m0/s1. The number of aliphatic hydroxyl groups is 1. The number of carbonyl (C=O) groups is 12. The number of aliphatic carboxylic acids is 2. The van der Waals surface area contributed by atoms with Gasteiger partial charge in [0.1, 0.15) is 59.8 Å². The van der Waals surface area contributed by atoms with Crippen molar-refractivity contribution in [2.45, 2.75) is 126 Å². The van der Waals surface area contributed by atoms with E-state index in [9.17, 15) is 83.1 Å². The summed E-state index contributed by atoms with van der Waals surface area (Å²) in [5.74, 6) is -13.7. The fourth-order valence-corrected chi connectivity index (χ4v) is 8.43. The summed E-state index contributed by atoms with van der Waals surface area (Å²) in [6.45, 7) is 2.20. The number of phenolic OH excluding ortho intramolecular Hbond substituents is 2. The first kappa shape index (κ1) is 68.4. The van der Waals surface area contributed by atoms with Crippen LogP contribution in [-0.4, -0.2) is 182 Å². The molecule has 0 aromatic heterocycles. The van der Waals surface area contributed by atoms with Gasteiger partial charge in [0.15, 0.2) is 0 Å². The molecular formula is C50H73N11O17S2. The van der Waals surface area contributed by atoms with Gasteiger partial charge in [0.25, 0.3) is 0 Å². The normalized spacial score (nSPS) is 14.4. The molecule has 28 nitrogen and oxygen atoms in total. The van der Waals surface area contributed by atoms with Gasteiger partial charge in [0.2, 0.25) is 59.1 Å². The first-order valence-corrected chi connectivity index (χ1v) is 27.8. The maximum atomic E-state index is 14.2. The number of hydrogen-bond donors (Lipinski definition) is 16. The summed E-state index contributed by atoms with van der Waals surface area (Å²) >= 11 is 2.63. The SMILES string of the molecule is CSCC[C@H](NC(=O)[C@H](CCC(N)=O)NC(=O)[C@H](Cc1ccc(O)cc1)NC(=O)[C@H](CC(C)C)NC(=O)[C@H](CC(N)=O)NC(=O)[C@H](CC(=O)O)NC(=O)[C@H](CO)NC(=O)[C@H](CCSC)NC(=O)[C@@H](N)Cc1ccc(O)cc1)C(=O)O. The molecule has 9 atom stereocenters. The minimum Gasteiger partial charge on any atom is -0.508 e. The molecule has 80 heavy (non-hydrogen) atoms. The summed E-state index contributed by atoms with van der Waals surface area (Å²) in [5.41, 5.74) is 17.8. The van der Waals surface area contributed by atoms with Crippen molar-refractivity contribution in [2.75, 3.05) is 30.6 Å². The second-order valence-electron chi connectivity index (χ2n) is 18.8. The molecule has 0 unspecified atom stereocenters. The number of thioether (sulfide) groups is 2. The van der Waals surface area contributed by atoms with Crippen LogP contribution < -0.4 is 59.7 Å². The third kappa shape index (κ3) is 25.4. The molecule has 0 spiro atoms. The molecule has 0 saturated heterocycles. The van der Waals surface area contributed by atoms with Crippen molar-refractivity contribution in [2.24, 2.45) is 23.1 Å². The second kappa shape index (κ2) is 35.0. The first-order chi connectivity index (χ1) is 37.7. The lowest BCUT2D eigenvalue weighted by Gasteiger charge is -2.28. The Bertz CT molecular complexity index is 2470. The Morgan fingerprint density at radius 1 is 0.475 bits per heavy atom. The molecule has 0 radical (unpaired) electrons. The molecule has 10 amide bonds. The number of carboxylic acids is 2.